The molecule has 0 rings (SSSR count). The lowest BCUT2D eigenvalue weighted by Gasteiger charge is -2.19. The summed E-state index contributed by atoms with van der Waals surface area (Å²) in [5, 5.41) is 2.61. The third-order valence-corrected chi connectivity index (χ3v) is 3.13. The predicted molar refractivity (Wildman–Crippen MR) is 102 cm³/mol. The van der Waals surface area contributed by atoms with Gasteiger partial charge in [-0.2, -0.15) is 0 Å². The molecule has 8 heteroatoms. The third kappa shape index (κ3) is 20.8. The maximum atomic E-state index is 11.4. The SMILES string of the molecule is CCCCCC(=O)OCCOCCOCCOCCNC(=O)OC(C)(C)C. The monoisotopic (exact) mass is 391 g/mol. The van der Waals surface area contributed by atoms with Crippen molar-refractivity contribution in [2.24, 2.45) is 0 Å². The second-order valence-corrected chi connectivity index (χ2v) is 6.94. The molecular formula is C19H37NO7. The van der Waals surface area contributed by atoms with Gasteiger partial charge >= 0.3 is 12.1 Å². The first-order valence-electron chi connectivity index (χ1n) is 9.71. The second kappa shape index (κ2) is 16.8. The van der Waals surface area contributed by atoms with Crippen LogP contribution in [0.4, 0.5) is 4.79 Å². The molecule has 0 aliphatic heterocycles. The zero-order chi connectivity index (χ0) is 20.4. The normalized spacial score (nSPS) is 11.3. The number of carbonyl (C=O) groups is 2. The van der Waals surface area contributed by atoms with E-state index in [1.54, 1.807) is 0 Å². The van der Waals surface area contributed by atoms with Crippen molar-refractivity contribution in [3.05, 3.63) is 0 Å². The minimum absolute atomic E-state index is 0.165. The van der Waals surface area contributed by atoms with Crippen LogP contribution in [0.5, 0.6) is 0 Å². The van der Waals surface area contributed by atoms with Gasteiger partial charge in [0.25, 0.3) is 0 Å². The summed E-state index contributed by atoms with van der Waals surface area (Å²) in [4.78, 5) is 22.7. The van der Waals surface area contributed by atoms with Gasteiger partial charge in [0.1, 0.15) is 12.2 Å². The van der Waals surface area contributed by atoms with Gasteiger partial charge in [-0.05, 0) is 27.2 Å². The maximum absolute atomic E-state index is 11.4. The third-order valence-electron chi connectivity index (χ3n) is 3.13. The Hall–Kier alpha value is -1.38. The molecule has 0 unspecified atom stereocenters. The van der Waals surface area contributed by atoms with Crippen molar-refractivity contribution in [3.8, 4) is 0 Å². The number of ether oxygens (including phenoxy) is 5. The van der Waals surface area contributed by atoms with E-state index in [9.17, 15) is 9.59 Å². The highest BCUT2D eigenvalue weighted by Crippen LogP contribution is 2.06. The Bertz CT molecular complexity index is 383. The number of amides is 1. The fraction of sp³-hybridized carbons (Fsp3) is 0.895. The summed E-state index contributed by atoms with van der Waals surface area (Å²) in [5.41, 5.74) is -0.503. The molecule has 160 valence electrons. The van der Waals surface area contributed by atoms with Crippen molar-refractivity contribution in [1.29, 1.82) is 0 Å². The van der Waals surface area contributed by atoms with Crippen LogP contribution >= 0.6 is 0 Å². The minimum atomic E-state index is -0.503. The molecule has 0 radical (unpaired) electrons. The fourth-order valence-corrected chi connectivity index (χ4v) is 1.89. The number of rotatable bonds is 16. The van der Waals surface area contributed by atoms with Crippen LogP contribution in [0, 0.1) is 0 Å². The minimum Gasteiger partial charge on any atom is -0.463 e. The van der Waals surface area contributed by atoms with Crippen LogP contribution in [0.25, 0.3) is 0 Å². The molecule has 0 saturated heterocycles. The fourth-order valence-electron chi connectivity index (χ4n) is 1.89. The van der Waals surface area contributed by atoms with E-state index in [0.29, 0.717) is 52.6 Å². The lowest BCUT2D eigenvalue weighted by atomic mass is 10.2. The summed E-state index contributed by atoms with van der Waals surface area (Å²) in [6.07, 6.45) is 3.04. The van der Waals surface area contributed by atoms with E-state index in [-0.39, 0.29) is 12.6 Å². The predicted octanol–water partition coefficient (Wildman–Crippen LogP) is 2.68. The molecule has 0 heterocycles. The van der Waals surface area contributed by atoms with Crippen molar-refractivity contribution < 1.29 is 33.3 Å². The van der Waals surface area contributed by atoms with Crippen LogP contribution < -0.4 is 5.32 Å². The topological polar surface area (TPSA) is 92.3 Å². The Balaban J connectivity index is 3.23. The number of nitrogens with one attached hydrogen (secondary N) is 1. The van der Waals surface area contributed by atoms with Gasteiger partial charge in [-0.15, -0.1) is 0 Å². The van der Waals surface area contributed by atoms with E-state index in [1.165, 1.54) is 0 Å². The van der Waals surface area contributed by atoms with Gasteiger partial charge in [0.05, 0.1) is 39.6 Å². The summed E-state index contributed by atoms with van der Waals surface area (Å²) < 4.78 is 26.2. The molecule has 0 saturated carbocycles. The smallest absolute Gasteiger partial charge is 0.407 e. The van der Waals surface area contributed by atoms with E-state index in [0.717, 1.165) is 19.3 Å². The van der Waals surface area contributed by atoms with Crippen molar-refractivity contribution in [2.75, 3.05) is 52.8 Å². The Morgan fingerprint density at radius 3 is 1.93 bits per heavy atom. The molecule has 0 aromatic rings. The summed E-state index contributed by atoms with van der Waals surface area (Å²) >= 11 is 0. The number of alkyl carbamates (subject to hydrolysis) is 1. The molecule has 0 spiro atoms. The number of hydrogen-bond acceptors (Lipinski definition) is 7. The largest absolute Gasteiger partial charge is 0.463 e. The molecule has 27 heavy (non-hydrogen) atoms. The van der Waals surface area contributed by atoms with Crippen LogP contribution in [0.2, 0.25) is 0 Å². The van der Waals surface area contributed by atoms with Crippen LogP contribution in [0.15, 0.2) is 0 Å². The van der Waals surface area contributed by atoms with Gasteiger partial charge in [-0.3, -0.25) is 4.79 Å². The van der Waals surface area contributed by atoms with Gasteiger partial charge < -0.3 is 29.0 Å². The average molecular weight is 392 g/mol. The Labute approximate surface area is 163 Å². The molecule has 1 N–H and O–H groups in total. The van der Waals surface area contributed by atoms with Crippen LogP contribution in [0.3, 0.4) is 0 Å². The lowest BCUT2D eigenvalue weighted by molar-refractivity contribution is -0.145. The highest BCUT2D eigenvalue weighted by atomic mass is 16.6. The first-order chi connectivity index (χ1) is 12.8. The summed E-state index contributed by atoms with van der Waals surface area (Å²) in [6, 6.07) is 0. The zero-order valence-corrected chi connectivity index (χ0v) is 17.3. The van der Waals surface area contributed by atoms with Crippen LogP contribution in [-0.4, -0.2) is 70.5 Å². The summed E-state index contributed by atoms with van der Waals surface area (Å²) in [5.74, 6) is -0.165. The molecule has 0 aromatic heterocycles. The van der Waals surface area contributed by atoms with E-state index in [1.807, 2.05) is 20.8 Å². The summed E-state index contributed by atoms with van der Waals surface area (Å²) in [7, 11) is 0. The molecule has 0 fully saturated rings. The number of unbranched alkanes of at least 4 members (excludes halogenated alkanes) is 2. The zero-order valence-electron chi connectivity index (χ0n) is 17.3. The lowest BCUT2D eigenvalue weighted by Crippen LogP contribution is -2.34. The molecule has 0 bridgehead atoms. The maximum Gasteiger partial charge on any atom is 0.407 e. The second-order valence-electron chi connectivity index (χ2n) is 6.94. The first kappa shape index (κ1) is 25.6. The standard InChI is InChI=1S/C19H37NO7/c1-5-6-7-8-17(21)26-16-15-25-14-13-24-12-11-23-10-9-20-18(22)27-19(2,3)4/h5-16H2,1-4H3,(H,20,22). The van der Waals surface area contributed by atoms with Crippen molar-refractivity contribution in [2.45, 2.75) is 59.0 Å². The number of hydrogen-bond donors (Lipinski definition) is 1. The first-order valence-corrected chi connectivity index (χ1v) is 9.71. The highest BCUT2D eigenvalue weighted by molar-refractivity contribution is 5.69. The van der Waals surface area contributed by atoms with Gasteiger partial charge in [0.2, 0.25) is 0 Å². The van der Waals surface area contributed by atoms with Crippen LogP contribution in [-0.2, 0) is 28.5 Å². The molecule has 1 amide bonds. The summed E-state index contributed by atoms with van der Waals surface area (Å²) in [6.45, 7) is 10.7. The quantitative estimate of drug-likeness (QED) is 0.319. The van der Waals surface area contributed by atoms with Crippen molar-refractivity contribution >= 4 is 12.1 Å². The Morgan fingerprint density at radius 2 is 1.37 bits per heavy atom. The van der Waals surface area contributed by atoms with Gasteiger partial charge in [0, 0.05) is 13.0 Å². The number of carbonyl (C=O) groups excluding carboxylic acids is 2. The van der Waals surface area contributed by atoms with Gasteiger partial charge in [-0.25, -0.2) is 4.79 Å². The molecule has 0 aromatic carbocycles. The van der Waals surface area contributed by atoms with Crippen LogP contribution in [0.1, 0.15) is 53.4 Å². The van der Waals surface area contributed by atoms with E-state index in [4.69, 9.17) is 23.7 Å². The van der Waals surface area contributed by atoms with E-state index < -0.39 is 11.7 Å². The average Bonchev–Trinajstić information content (AvgIpc) is 2.57. The Morgan fingerprint density at radius 1 is 0.815 bits per heavy atom. The molecular weight excluding hydrogens is 354 g/mol. The Kier molecular flexibility index (Phi) is 15.9. The van der Waals surface area contributed by atoms with Gasteiger partial charge in [-0.1, -0.05) is 19.8 Å². The van der Waals surface area contributed by atoms with Crippen molar-refractivity contribution in [3.63, 3.8) is 0 Å². The van der Waals surface area contributed by atoms with Gasteiger partial charge in [0.15, 0.2) is 0 Å². The highest BCUT2D eigenvalue weighted by Gasteiger charge is 2.15. The molecule has 8 nitrogen and oxygen atoms in total. The van der Waals surface area contributed by atoms with E-state index in [2.05, 4.69) is 12.2 Å². The van der Waals surface area contributed by atoms with Crippen molar-refractivity contribution in [1.82, 2.24) is 5.32 Å². The van der Waals surface area contributed by atoms with E-state index >= 15 is 0 Å². The molecule has 0 aliphatic carbocycles. The molecule has 0 atom stereocenters. The number of esters is 1. The molecule has 0 aliphatic rings.